The van der Waals surface area contributed by atoms with E-state index in [-0.39, 0.29) is 11.3 Å². The zero-order valence-electron chi connectivity index (χ0n) is 11.6. The lowest BCUT2D eigenvalue weighted by atomic mass is 10.0. The molecule has 0 aromatic heterocycles. The van der Waals surface area contributed by atoms with Gasteiger partial charge in [-0.05, 0) is 22.9 Å². The van der Waals surface area contributed by atoms with Gasteiger partial charge in [-0.15, -0.1) is 0 Å². The highest BCUT2D eigenvalue weighted by molar-refractivity contribution is 6.04. The van der Waals surface area contributed by atoms with Gasteiger partial charge in [-0.2, -0.15) is 0 Å². The van der Waals surface area contributed by atoms with Crippen molar-refractivity contribution in [2.24, 2.45) is 0 Å². The Balaban J connectivity index is 2.26. The van der Waals surface area contributed by atoms with Gasteiger partial charge in [-0.3, -0.25) is 0 Å². The Labute approximate surface area is 121 Å². The first kappa shape index (κ1) is 14.8. The number of anilines is 1. The van der Waals surface area contributed by atoms with Crippen LogP contribution in [-0.2, 0) is 4.74 Å². The molecule has 3 N–H and O–H groups in total. The molecule has 0 bridgehead atoms. The Kier molecular flexibility index (Phi) is 4.73. The zero-order valence-corrected chi connectivity index (χ0v) is 11.6. The molecule has 0 saturated carbocycles. The van der Waals surface area contributed by atoms with Crippen LogP contribution in [0.25, 0.3) is 10.8 Å². The zero-order chi connectivity index (χ0) is 15.2. The second-order valence-electron chi connectivity index (χ2n) is 4.42. The largest absolute Gasteiger partial charge is 0.478 e. The average molecular weight is 288 g/mol. The number of rotatable bonds is 5. The average Bonchev–Trinajstić information content (AvgIpc) is 2.46. The molecule has 0 aliphatic rings. The lowest BCUT2D eigenvalue weighted by Gasteiger charge is -2.11. The number of carboxylic acid groups (broad SMARTS) is 1. The van der Waals surface area contributed by atoms with Crippen molar-refractivity contribution >= 4 is 28.5 Å². The summed E-state index contributed by atoms with van der Waals surface area (Å²) < 4.78 is 4.83. The minimum Gasteiger partial charge on any atom is -0.478 e. The number of fused-ring (bicyclic) bond motifs is 1. The van der Waals surface area contributed by atoms with Crippen molar-refractivity contribution in [1.82, 2.24) is 5.32 Å². The van der Waals surface area contributed by atoms with Crippen molar-refractivity contribution in [3.05, 3.63) is 42.0 Å². The molecule has 0 aliphatic heterocycles. The van der Waals surface area contributed by atoms with E-state index in [4.69, 9.17) is 4.74 Å². The molecule has 6 nitrogen and oxygen atoms in total. The van der Waals surface area contributed by atoms with Crippen molar-refractivity contribution in [3.8, 4) is 0 Å². The first-order chi connectivity index (χ1) is 10.1. The van der Waals surface area contributed by atoms with Crippen molar-refractivity contribution in [1.29, 1.82) is 0 Å². The molecular weight excluding hydrogens is 272 g/mol. The molecule has 0 saturated heterocycles. The number of carbonyl (C=O) groups is 2. The number of benzene rings is 2. The van der Waals surface area contributed by atoms with E-state index >= 15 is 0 Å². The summed E-state index contributed by atoms with van der Waals surface area (Å²) in [5, 5.41) is 16.1. The lowest BCUT2D eigenvalue weighted by Crippen LogP contribution is -2.31. The minimum atomic E-state index is -1.09. The topological polar surface area (TPSA) is 87.7 Å². The van der Waals surface area contributed by atoms with E-state index in [1.54, 1.807) is 12.1 Å². The maximum Gasteiger partial charge on any atom is 0.337 e. The molecule has 2 amide bonds. The minimum absolute atomic E-state index is 0.0515. The standard InChI is InChI=1S/C15H16N2O4/c1-21-7-6-16-15(20)17-13-9-11-5-3-2-4-10(11)8-12(13)14(18)19/h2-5,8-9H,6-7H2,1H3,(H,18,19)(H2,16,17,20). The molecule has 110 valence electrons. The summed E-state index contributed by atoms with van der Waals surface area (Å²) in [6, 6.07) is 10.1. The Morgan fingerprint density at radius 1 is 1.19 bits per heavy atom. The summed E-state index contributed by atoms with van der Waals surface area (Å²) >= 11 is 0. The molecule has 0 aliphatic carbocycles. The van der Waals surface area contributed by atoms with Gasteiger partial charge in [0.15, 0.2) is 0 Å². The Morgan fingerprint density at radius 2 is 1.86 bits per heavy atom. The van der Waals surface area contributed by atoms with E-state index < -0.39 is 12.0 Å². The highest BCUT2D eigenvalue weighted by Crippen LogP contribution is 2.24. The second-order valence-corrected chi connectivity index (χ2v) is 4.42. The van der Waals surface area contributed by atoms with E-state index in [0.29, 0.717) is 13.2 Å². The lowest BCUT2D eigenvalue weighted by molar-refractivity contribution is 0.0698. The van der Waals surface area contributed by atoms with Gasteiger partial charge in [-0.25, -0.2) is 9.59 Å². The molecule has 21 heavy (non-hydrogen) atoms. The first-order valence-corrected chi connectivity index (χ1v) is 6.41. The number of aromatic carboxylic acids is 1. The Hall–Kier alpha value is -2.60. The van der Waals surface area contributed by atoms with Gasteiger partial charge in [0.1, 0.15) is 0 Å². The maximum absolute atomic E-state index is 11.7. The molecule has 0 fully saturated rings. The molecule has 0 radical (unpaired) electrons. The molecule has 6 heteroatoms. The first-order valence-electron chi connectivity index (χ1n) is 6.41. The van der Waals surface area contributed by atoms with Crippen molar-refractivity contribution in [2.45, 2.75) is 0 Å². The van der Waals surface area contributed by atoms with Crippen molar-refractivity contribution in [3.63, 3.8) is 0 Å². The molecule has 2 rings (SSSR count). The number of hydrogen-bond donors (Lipinski definition) is 3. The van der Waals surface area contributed by atoms with Crippen LogP contribution in [0.3, 0.4) is 0 Å². The fourth-order valence-electron chi connectivity index (χ4n) is 1.95. The third-order valence-electron chi connectivity index (χ3n) is 2.96. The van der Waals surface area contributed by atoms with E-state index in [0.717, 1.165) is 10.8 Å². The van der Waals surface area contributed by atoms with Crippen LogP contribution in [-0.4, -0.2) is 37.4 Å². The number of hydrogen-bond acceptors (Lipinski definition) is 3. The Morgan fingerprint density at radius 3 is 2.48 bits per heavy atom. The monoisotopic (exact) mass is 288 g/mol. The van der Waals surface area contributed by atoms with Crippen LogP contribution in [0, 0.1) is 0 Å². The number of carbonyl (C=O) groups excluding carboxylic acids is 1. The van der Waals surface area contributed by atoms with Crippen LogP contribution in [0.4, 0.5) is 10.5 Å². The van der Waals surface area contributed by atoms with Crippen molar-refractivity contribution in [2.75, 3.05) is 25.6 Å². The predicted molar refractivity (Wildman–Crippen MR) is 79.8 cm³/mol. The van der Waals surface area contributed by atoms with Gasteiger partial charge < -0.3 is 20.5 Å². The summed E-state index contributed by atoms with van der Waals surface area (Å²) in [4.78, 5) is 23.0. The molecule has 0 heterocycles. The van der Waals surface area contributed by atoms with Crippen molar-refractivity contribution < 1.29 is 19.4 Å². The molecule has 2 aromatic rings. The summed E-state index contributed by atoms with van der Waals surface area (Å²) in [6.07, 6.45) is 0. The SMILES string of the molecule is COCCNC(=O)Nc1cc2ccccc2cc1C(=O)O. The van der Waals surface area contributed by atoms with Crippen LogP contribution in [0.2, 0.25) is 0 Å². The normalized spacial score (nSPS) is 10.3. The van der Waals surface area contributed by atoms with Crippen LogP contribution in [0.15, 0.2) is 36.4 Å². The van der Waals surface area contributed by atoms with Gasteiger partial charge in [0.2, 0.25) is 0 Å². The molecule has 0 spiro atoms. The van der Waals surface area contributed by atoms with E-state index in [1.807, 2.05) is 24.3 Å². The fourth-order valence-corrected chi connectivity index (χ4v) is 1.95. The van der Waals surface area contributed by atoms with Gasteiger partial charge >= 0.3 is 12.0 Å². The number of carboxylic acids is 1. The number of methoxy groups -OCH3 is 1. The van der Waals surface area contributed by atoms with Crippen LogP contribution in [0.1, 0.15) is 10.4 Å². The highest BCUT2D eigenvalue weighted by Gasteiger charge is 2.13. The summed E-state index contributed by atoms with van der Waals surface area (Å²) in [5.41, 5.74) is 0.312. The maximum atomic E-state index is 11.7. The number of amides is 2. The van der Waals surface area contributed by atoms with Gasteiger partial charge in [0, 0.05) is 13.7 Å². The predicted octanol–water partition coefficient (Wildman–Crippen LogP) is 2.31. The molecule has 0 atom stereocenters. The summed E-state index contributed by atoms with van der Waals surface area (Å²) in [6.45, 7) is 0.731. The number of nitrogens with one attached hydrogen (secondary N) is 2. The summed E-state index contributed by atoms with van der Waals surface area (Å²) in [7, 11) is 1.53. The quantitative estimate of drug-likeness (QED) is 0.737. The van der Waals surface area contributed by atoms with E-state index in [2.05, 4.69) is 10.6 Å². The fraction of sp³-hybridized carbons (Fsp3) is 0.200. The molecular formula is C15H16N2O4. The molecule has 0 unspecified atom stereocenters. The smallest absolute Gasteiger partial charge is 0.337 e. The van der Waals surface area contributed by atoms with Gasteiger partial charge in [0.25, 0.3) is 0 Å². The van der Waals surface area contributed by atoms with Gasteiger partial charge in [0.05, 0.1) is 17.9 Å². The van der Waals surface area contributed by atoms with E-state index in [9.17, 15) is 14.7 Å². The van der Waals surface area contributed by atoms with Crippen LogP contribution >= 0.6 is 0 Å². The van der Waals surface area contributed by atoms with Crippen LogP contribution < -0.4 is 10.6 Å². The third kappa shape index (κ3) is 3.70. The number of urea groups is 1. The van der Waals surface area contributed by atoms with E-state index in [1.165, 1.54) is 7.11 Å². The van der Waals surface area contributed by atoms with Gasteiger partial charge in [-0.1, -0.05) is 24.3 Å². The number of ether oxygens (including phenoxy) is 1. The second kappa shape index (κ2) is 6.71. The third-order valence-corrected chi connectivity index (χ3v) is 2.96. The highest BCUT2D eigenvalue weighted by atomic mass is 16.5. The molecule has 2 aromatic carbocycles. The Bertz CT molecular complexity index is 670. The summed E-state index contributed by atoms with van der Waals surface area (Å²) in [5.74, 6) is -1.09. The van der Waals surface area contributed by atoms with Crippen LogP contribution in [0.5, 0.6) is 0 Å².